The molecule has 22 heavy (non-hydrogen) atoms. The molecule has 3 heteroatoms. The monoisotopic (exact) mass is 300 g/mol. The van der Waals surface area contributed by atoms with E-state index in [0.29, 0.717) is 17.9 Å². The molecule has 1 heterocycles. The summed E-state index contributed by atoms with van der Waals surface area (Å²) in [5, 5.41) is 6.77. The molecule has 2 fully saturated rings. The molecular weight excluding hydrogens is 272 g/mol. The largest absolute Gasteiger partial charge is 0.356 e. The van der Waals surface area contributed by atoms with Crippen LogP contribution < -0.4 is 10.6 Å². The summed E-state index contributed by atoms with van der Waals surface area (Å²) in [4.78, 5) is 11.5. The van der Waals surface area contributed by atoms with Gasteiger partial charge in [0, 0.05) is 31.0 Å². The van der Waals surface area contributed by atoms with E-state index in [1.807, 2.05) is 0 Å². The van der Waals surface area contributed by atoms with E-state index in [2.05, 4.69) is 41.0 Å². The quantitative estimate of drug-likeness (QED) is 0.897. The highest BCUT2D eigenvalue weighted by molar-refractivity contribution is 5.76. The minimum Gasteiger partial charge on any atom is -0.356 e. The highest BCUT2D eigenvalue weighted by Crippen LogP contribution is 2.39. The molecule has 1 aromatic carbocycles. The molecule has 120 valence electrons. The van der Waals surface area contributed by atoms with E-state index in [-0.39, 0.29) is 5.91 Å². The molecular formula is C19H28N2O. The van der Waals surface area contributed by atoms with Gasteiger partial charge in [-0.25, -0.2) is 0 Å². The first kappa shape index (κ1) is 15.5. The zero-order valence-corrected chi connectivity index (χ0v) is 13.4. The van der Waals surface area contributed by atoms with Gasteiger partial charge < -0.3 is 10.6 Å². The maximum absolute atomic E-state index is 11.5. The number of rotatable bonds is 4. The predicted octanol–water partition coefficient (Wildman–Crippen LogP) is 3.15. The lowest BCUT2D eigenvalue weighted by Crippen LogP contribution is -2.44. The molecule has 1 saturated carbocycles. The average molecular weight is 300 g/mol. The van der Waals surface area contributed by atoms with Crippen molar-refractivity contribution >= 4 is 5.91 Å². The van der Waals surface area contributed by atoms with Crippen molar-refractivity contribution in [3.05, 3.63) is 35.9 Å². The van der Waals surface area contributed by atoms with Gasteiger partial charge in [-0.3, -0.25) is 4.79 Å². The molecule has 0 bridgehead atoms. The minimum atomic E-state index is 0.208. The lowest BCUT2D eigenvalue weighted by Gasteiger charge is -2.39. The molecule has 3 nitrogen and oxygen atoms in total. The molecule has 0 radical (unpaired) electrons. The number of amides is 1. The van der Waals surface area contributed by atoms with Crippen LogP contribution in [0.25, 0.3) is 0 Å². The van der Waals surface area contributed by atoms with Crippen molar-refractivity contribution in [2.45, 2.75) is 62.8 Å². The second-order valence-corrected chi connectivity index (χ2v) is 6.96. The van der Waals surface area contributed by atoms with Gasteiger partial charge >= 0.3 is 0 Å². The van der Waals surface area contributed by atoms with E-state index in [1.165, 1.54) is 37.7 Å². The highest BCUT2D eigenvalue weighted by Gasteiger charge is 2.34. The maximum atomic E-state index is 11.5. The maximum Gasteiger partial charge on any atom is 0.220 e. The Bertz CT molecular complexity index is 479. The third-order valence-corrected chi connectivity index (χ3v) is 5.46. The van der Waals surface area contributed by atoms with Crippen LogP contribution in [0, 0.1) is 0 Å². The number of benzene rings is 1. The first-order valence-electron chi connectivity index (χ1n) is 8.84. The summed E-state index contributed by atoms with van der Waals surface area (Å²) in [5.41, 5.74) is 1.79. The molecule has 1 aliphatic heterocycles. The van der Waals surface area contributed by atoms with Crippen molar-refractivity contribution in [2.75, 3.05) is 13.1 Å². The molecule has 1 atom stereocenters. The van der Waals surface area contributed by atoms with Crippen molar-refractivity contribution in [3.63, 3.8) is 0 Å². The number of carbonyl (C=O) groups excluding carboxylic acids is 1. The van der Waals surface area contributed by atoms with Gasteiger partial charge in [-0.15, -0.1) is 0 Å². The van der Waals surface area contributed by atoms with Gasteiger partial charge in [0.05, 0.1) is 0 Å². The molecule has 2 N–H and O–H groups in total. The third kappa shape index (κ3) is 3.70. The predicted molar refractivity (Wildman–Crippen MR) is 89.9 cm³/mol. The second-order valence-electron chi connectivity index (χ2n) is 6.96. The normalized spacial score (nSPS) is 25.3. The summed E-state index contributed by atoms with van der Waals surface area (Å²) < 4.78 is 0. The Balaban J connectivity index is 1.67. The molecule has 1 aliphatic carbocycles. The molecule has 0 spiro atoms. The standard InChI is InChI=1S/C19H28N2O/c22-18-10-9-17(11-14-20-18)21-15-19(12-5-2-6-13-19)16-7-3-1-4-8-16/h1,3-4,7-8,17,21H,2,5-6,9-15H2,(H,20,22)/t17-/m0/s1. The molecule has 3 rings (SSSR count). The van der Waals surface area contributed by atoms with Gasteiger partial charge in [0.15, 0.2) is 0 Å². The summed E-state index contributed by atoms with van der Waals surface area (Å²) in [6, 6.07) is 11.5. The van der Waals surface area contributed by atoms with Gasteiger partial charge in [-0.05, 0) is 31.2 Å². The van der Waals surface area contributed by atoms with E-state index in [4.69, 9.17) is 0 Å². The van der Waals surface area contributed by atoms with Crippen LogP contribution in [-0.4, -0.2) is 25.0 Å². The fourth-order valence-electron chi connectivity index (χ4n) is 4.06. The Morgan fingerprint density at radius 3 is 2.64 bits per heavy atom. The fraction of sp³-hybridized carbons (Fsp3) is 0.632. The molecule has 1 amide bonds. The summed E-state index contributed by atoms with van der Waals surface area (Å²) >= 11 is 0. The van der Waals surface area contributed by atoms with Crippen LogP contribution in [0.4, 0.5) is 0 Å². The topological polar surface area (TPSA) is 41.1 Å². The Morgan fingerprint density at radius 2 is 1.86 bits per heavy atom. The zero-order valence-electron chi connectivity index (χ0n) is 13.4. The number of hydrogen-bond acceptors (Lipinski definition) is 2. The Labute approximate surface area is 133 Å². The van der Waals surface area contributed by atoms with Crippen molar-refractivity contribution in [3.8, 4) is 0 Å². The van der Waals surface area contributed by atoms with E-state index < -0.39 is 0 Å². The van der Waals surface area contributed by atoms with Gasteiger partial charge in [-0.2, -0.15) is 0 Å². The molecule has 0 aromatic heterocycles. The van der Waals surface area contributed by atoms with Gasteiger partial charge in [0.2, 0.25) is 5.91 Å². The number of hydrogen-bond donors (Lipinski definition) is 2. The van der Waals surface area contributed by atoms with E-state index in [0.717, 1.165) is 25.9 Å². The summed E-state index contributed by atoms with van der Waals surface area (Å²) in [7, 11) is 0. The third-order valence-electron chi connectivity index (χ3n) is 5.46. The smallest absolute Gasteiger partial charge is 0.220 e. The van der Waals surface area contributed by atoms with Gasteiger partial charge in [-0.1, -0.05) is 49.6 Å². The molecule has 2 aliphatic rings. The van der Waals surface area contributed by atoms with Crippen molar-refractivity contribution in [2.24, 2.45) is 0 Å². The van der Waals surface area contributed by atoms with E-state index >= 15 is 0 Å². The number of nitrogens with one attached hydrogen (secondary N) is 2. The average Bonchev–Trinajstić information content (AvgIpc) is 2.79. The fourth-order valence-corrected chi connectivity index (χ4v) is 4.06. The van der Waals surface area contributed by atoms with Crippen LogP contribution in [0.5, 0.6) is 0 Å². The van der Waals surface area contributed by atoms with Crippen LogP contribution in [0.2, 0.25) is 0 Å². The van der Waals surface area contributed by atoms with Crippen LogP contribution in [-0.2, 0) is 10.2 Å². The van der Waals surface area contributed by atoms with Crippen LogP contribution in [0.3, 0.4) is 0 Å². The summed E-state index contributed by atoms with van der Waals surface area (Å²) in [5.74, 6) is 0.208. The summed E-state index contributed by atoms with van der Waals surface area (Å²) in [6.45, 7) is 1.87. The highest BCUT2D eigenvalue weighted by atomic mass is 16.1. The lowest BCUT2D eigenvalue weighted by molar-refractivity contribution is -0.120. The second kappa shape index (κ2) is 7.28. The van der Waals surface area contributed by atoms with Crippen LogP contribution in [0.15, 0.2) is 30.3 Å². The zero-order chi connectivity index (χ0) is 15.3. The van der Waals surface area contributed by atoms with Gasteiger partial charge in [0.1, 0.15) is 0 Å². The van der Waals surface area contributed by atoms with Gasteiger partial charge in [0.25, 0.3) is 0 Å². The Morgan fingerprint density at radius 1 is 1.09 bits per heavy atom. The van der Waals surface area contributed by atoms with Crippen LogP contribution >= 0.6 is 0 Å². The lowest BCUT2D eigenvalue weighted by atomic mass is 9.69. The summed E-state index contributed by atoms with van der Waals surface area (Å²) in [6.07, 6.45) is 9.30. The van der Waals surface area contributed by atoms with E-state index in [9.17, 15) is 4.79 Å². The molecule has 1 saturated heterocycles. The molecule has 1 aromatic rings. The van der Waals surface area contributed by atoms with Crippen molar-refractivity contribution < 1.29 is 4.79 Å². The molecule has 0 unspecified atom stereocenters. The van der Waals surface area contributed by atoms with Crippen molar-refractivity contribution in [1.29, 1.82) is 0 Å². The van der Waals surface area contributed by atoms with E-state index in [1.54, 1.807) is 0 Å². The van der Waals surface area contributed by atoms with Crippen molar-refractivity contribution in [1.82, 2.24) is 10.6 Å². The first-order chi connectivity index (χ1) is 10.8. The Hall–Kier alpha value is -1.35. The van der Waals surface area contributed by atoms with Crippen LogP contribution in [0.1, 0.15) is 56.9 Å². The SMILES string of the molecule is O=C1CC[C@H](NCC2(c3ccccc3)CCCCC2)CCN1. The minimum absolute atomic E-state index is 0.208. The Kier molecular flexibility index (Phi) is 5.14. The number of carbonyl (C=O) groups is 1. The first-order valence-corrected chi connectivity index (χ1v) is 8.84.